The van der Waals surface area contributed by atoms with Gasteiger partial charge >= 0.3 is 0 Å². The Bertz CT molecular complexity index is 128. The molecule has 1 unspecified atom stereocenters. The SMILES string of the molecule is CCNCC(C)N1CCC(C)CC1. The molecule has 2 nitrogen and oxygen atoms in total. The van der Waals surface area contributed by atoms with Crippen LogP contribution >= 0.6 is 0 Å². The first kappa shape index (κ1) is 11.0. The molecule has 2 heteroatoms. The summed E-state index contributed by atoms with van der Waals surface area (Å²) in [5.74, 6) is 0.947. The van der Waals surface area contributed by atoms with Gasteiger partial charge in [0.15, 0.2) is 0 Å². The number of rotatable bonds is 4. The standard InChI is InChI=1S/C11H24N2/c1-4-12-9-11(3)13-7-5-10(2)6-8-13/h10-12H,4-9H2,1-3H3. The second-order valence-corrected chi connectivity index (χ2v) is 4.38. The van der Waals surface area contributed by atoms with Crippen LogP contribution in [0.2, 0.25) is 0 Å². The molecule has 1 rings (SSSR count). The smallest absolute Gasteiger partial charge is 0.0192 e. The number of hydrogen-bond acceptors (Lipinski definition) is 2. The summed E-state index contributed by atoms with van der Waals surface area (Å²) in [6.45, 7) is 11.7. The van der Waals surface area contributed by atoms with Gasteiger partial charge in [0, 0.05) is 12.6 Å². The highest BCUT2D eigenvalue weighted by Gasteiger charge is 2.19. The summed E-state index contributed by atoms with van der Waals surface area (Å²) in [6.07, 6.45) is 2.77. The zero-order valence-corrected chi connectivity index (χ0v) is 9.34. The van der Waals surface area contributed by atoms with Gasteiger partial charge in [-0.3, -0.25) is 4.90 Å². The van der Waals surface area contributed by atoms with Gasteiger partial charge in [-0.25, -0.2) is 0 Å². The molecule has 1 heterocycles. The van der Waals surface area contributed by atoms with Crippen LogP contribution in [0.5, 0.6) is 0 Å². The predicted octanol–water partition coefficient (Wildman–Crippen LogP) is 1.72. The van der Waals surface area contributed by atoms with Crippen molar-refractivity contribution < 1.29 is 0 Å². The van der Waals surface area contributed by atoms with E-state index in [4.69, 9.17) is 0 Å². The largest absolute Gasteiger partial charge is 0.315 e. The Morgan fingerprint density at radius 3 is 2.54 bits per heavy atom. The van der Waals surface area contributed by atoms with Gasteiger partial charge in [0.1, 0.15) is 0 Å². The predicted molar refractivity (Wildman–Crippen MR) is 58.0 cm³/mol. The Hall–Kier alpha value is -0.0800. The van der Waals surface area contributed by atoms with Crippen molar-refractivity contribution in [2.24, 2.45) is 5.92 Å². The van der Waals surface area contributed by atoms with Crippen molar-refractivity contribution >= 4 is 0 Å². The van der Waals surface area contributed by atoms with E-state index in [0.29, 0.717) is 6.04 Å². The van der Waals surface area contributed by atoms with Gasteiger partial charge in [-0.05, 0) is 45.3 Å². The van der Waals surface area contributed by atoms with Gasteiger partial charge in [-0.2, -0.15) is 0 Å². The second kappa shape index (κ2) is 5.61. The van der Waals surface area contributed by atoms with Crippen LogP contribution < -0.4 is 5.32 Å². The van der Waals surface area contributed by atoms with Gasteiger partial charge in [0.2, 0.25) is 0 Å². The molecule has 13 heavy (non-hydrogen) atoms. The average Bonchev–Trinajstić information content (AvgIpc) is 2.15. The third-order valence-electron chi connectivity index (χ3n) is 3.13. The van der Waals surface area contributed by atoms with Gasteiger partial charge in [0.25, 0.3) is 0 Å². The van der Waals surface area contributed by atoms with E-state index < -0.39 is 0 Å². The Labute approximate surface area is 82.7 Å². The zero-order chi connectivity index (χ0) is 9.68. The van der Waals surface area contributed by atoms with Crippen molar-refractivity contribution in [1.29, 1.82) is 0 Å². The van der Waals surface area contributed by atoms with Gasteiger partial charge in [-0.1, -0.05) is 13.8 Å². The van der Waals surface area contributed by atoms with Crippen molar-refractivity contribution in [3.05, 3.63) is 0 Å². The van der Waals surface area contributed by atoms with Gasteiger partial charge in [0.05, 0.1) is 0 Å². The van der Waals surface area contributed by atoms with E-state index in [-0.39, 0.29) is 0 Å². The van der Waals surface area contributed by atoms with Gasteiger partial charge < -0.3 is 5.32 Å². The molecule has 0 bridgehead atoms. The molecule has 1 atom stereocenters. The number of hydrogen-bond donors (Lipinski definition) is 1. The summed E-state index contributed by atoms with van der Waals surface area (Å²) in [5.41, 5.74) is 0. The summed E-state index contributed by atoms with van der Waals surface area (Å²) in [7, 11) is 0. The molecule has 1 aliphatic heterocycles. The average molecular weight is 184 g/mol. The quantitative estimate of drug-likeness (QED) is 0.715. The fraction of sp³-hybridized carbons (Fsp3) is 1.00. The van der Waals surface area contributed by atoms with E-state index in [2.05, 4.69) is 31.0 Å². The topological polar surface area (TPSA) is 15.3 Å². The third kappa shape index (κ3) is 3.65. The normalized spacial score (nSPS) is 23.3. The lowest BCUT2D eigenvalue weighted by Crippen LogP contribution is -2.44. The van der Waals surface area contributed by atoms with Crippen LogP contribution in [-0.4, -0.2) is 37.1 Å². The second-order valence-electron chi connectivity index (χ2n) is 4.38. The van der Waals surface area contributed by atoms with E-state index in [0.717, 1.165) is 19.0 Å². The lowest BCUT2D eigenvalue weighted by molar-refractivity contribution is 0.145. The summed E-state index contributed by atoms with van der Waals surface area (Å²) in [4.78, 5) is 2.61. The first-order valence-corrected chi connectivity index (χ1v) is 5.68. The summed E-state index contributed by atoms with van der Waals surface area (Å²) in [6, 6.07) is 0.715. The summed E-state index contributed by atoms with van der Waals surface area (Å²) >= 11 is 0. The molecule has 0 aliphatic carbocycles. The molecule has 0 radical (unpaired) electrons. The van der Waals surface area contributed by atoms with Crippen LogP contribution in [-0.2, 0) is 0 Å². The minimum Gasteiger partial charge on any atom is -0.315 e. The molecule has 0 aromatic carbocycles. The highest BCUT2D eigenvalue weighted by atomic mass is 15.2. The first-order valence-electron chi connectivity index (χ1n) is 5.68. The first-order chi connectivity index (χ1) is 6.24. The number of nitrogens with zero attached hydrogens (tertiary/aromatic N) is 1. The molecule has 78 valence electrons. The van der Waals surface area contributed by atoms with Crippen molar-refractivity contribution in [2.45, 2.75) is 39.7 Å². The molecular formula is C11H24N2. The lowest BCUT2D eigenvalue weighted by atomic mass is 9.98. The molecule has 0 aromatic heterocycles. The van der Waals surface area contributed by atoms with Crippen LogP contribution in [0.4, 0.5) is 0 Å². The maximum atomic E-state index is 3.41. The summed E-state index contributed by atoms with van der Waals surface area (Å²) < 4.78 is 0. The highest BCUT2D eigenvalue weighted by Crippen LogP contribution is 2.17. The fourth-order valence-corrected chi connectivity index (χ4v) is 1.95. The number of nitrogens with one attached hydrogen (secondary N) is 1. The fourth-order valence-electron chi connectivity index (χ4n) is 1.95. The van der Waals surface area contributed by atoms with E-state index in [1.807, 2.05) is 0 Å². The summed E-state index contributed by atoms with van der Waals surface area (Å²) in [5, 5.41) is 3.41. The van der Waals surface area contributed by atoms with Crippen LogP contribution in [0, 0.1) is 5.92 Å². The van der Waals surface area contributed by atoms with Gasteiger partial charge in [-0.15, -0.1) is 0 Å². The Kier molecular flexibility index (Phi) is 4.74. The Morgan fingerprint density at radius 2 is 2.00 bits per heavy atom. The third-order valence-corrected chi connectivity index (χ3v) is 3.13. The van der Waals surface area contributed by atoms with Crippen molar-refractivity contribution in [2.75, 3.05) is 26.2 Å². The van der Waals surface area contributed by atoms with E-state index >= 15 is 0 Å². The zero-order valence-electron chi connectivity index (χ0n) is 9.34. The monoisotopic (exact) mass is 184 g/mol. The molecule has 0 amide bonds. The molecule has 1 saturated heterocycles. The van der Waals surface area contributed by atoms with E-state index in [1.165, 1.54) is 25.9 Å². The highest BCUT2D eigenvalue weighted by molar-refractivity contribution is 4.75. The van der Waals surface area contributed by atoms with Crippen LogP contribution in [0.15, 0.2) is 0 Å². The molecule has 1 N–H and O–H groups in total. The Balaban J connectivity index is 2.19. The molecule has 1 fully saturated rings. The maximum Gasteiger partial charge on any atom is 0.0192 e. The van der Waals surface area contributed by atoms with Crippen molar-refractivity contribution in [1.82, 2.24) is 10.2 Å². The van der Waals surface area contributed by atoms with E-state index in [9.17, 15) is 0 Å². The van der Waals surface area contributed by atoms with Crippen LogP contribution in [0.3, 0.4) is 0 Å². The minimum atomic E-state index is 0.715. The number of likely N-dealkylation sites (tertiary alicyclic amines) is 1. The molecule has 1 aliphatic rings. The molecule has 0 saturated carbocycles. The molecule has 0 spiro atoms. The van der Waals surface area contributed by atoms with E-state index in [1.54, 1.807) is 0 Å². The van der Waals surface area contributed by atoms with Crippen molar-refractivity contribution in [3.8, 4) is 0 Å². The van der Waals surface area contributed by atoms with Crippen LogP contribution in [0.25, 0.3) is 0 Å². The number of piperidine rings is 1. The van der Waals surface area contributed by atoms with Crippen molar-refractivity contribution in [3.63, 3.8) is 0 Å². The minimum absolute atomic E-state index is 0.715. The Morgan fingerprint density at radius 1 is 1.38 bits per heavy atom. The van der Waals surface area contributed by atoms with Crippen LogP contribution in [0.1, 0.15) is 33.6 Å². The number of likely N-dealkylation sites (N-methyl/N-ethyl adjacent to an activating group) is 1. The molecule has 0 aromatic rings. The molecular weight excluding hydrogens is 160 g/mol. The maximum absolute atomic E-state index is 3.41. The lowest BCUT2D eigenvalue weighted by Gasteiger charge is -2.35.